The smallest absolute Gasteiger partial charge is 0.310 e. The molecule has 4 heterocycles. The maximum Gasteiger partial charge on any atom is 0.310 e. The van der Waals surface area contributed by atoms with Gasteiger partial charge in [-0.25, -0.2) is 9.97 Å². The number of aromatic nitrogens is 2. The first-order valence-electron chi connectivity index (χ1n) is 17.8. The predicted molar refractivity (Wildman–Crippen MR) is 200 cm³/mol. The molecule has 1 atom stereocenters. The minimum atomic E-state index is -0.918. The van der Waals surface area contributed by atoms with E-state index in [1.165, 1.54) is 21.8 Å². The second kappa shape index (κ2) is 15.6. The number of thiophene rings is 1. The molecule has 2 aromatic carbocycles. The summed E-state index contributed by atoms with van der Waals surface area (Å²) in [7, 11) is 0. The first-order valence-corrected chi connectivity index (χ1v) is 18.6. The summed E-state index contributed by atoms with van der Waals surface area (Å²) in [6.45, 7) is 11.3. The summed E-state index contributed by atoms with van der Waals surface area (Å²) < 4.78 is 5.74. The molecule has 2 N–H and O–H groups in total. The van der Waals surface area contributed by atoms with Crippen molar-refractivity contribution in [3.05, 3.63) is 93.9 Å². The van der Waals surface area contributed by atoms with E-state index in [0.29, 0.717) is 16.6 Å². The normalized spacial score (nSPS) is 16.0. The van der Waals surface area contributed by atoms with Crippen molar-refractivity contribution in [2.45, 2.75) is 70.8 Å². The summed E-state index contributed by atoms with van der Waals surface area (Å²) in [5.41, 5.74) is 3.98. The molecule has 2 amide bonds. The van der Waals surface area contributed by atoms with Gasteiger partial charge >= 0.3 is 5.97 Å². The van der Waals surface area contributed by atoms with Crippen LogP contribution in [-0.4, -0.2) is 76.6 Å². The Labute approximate surface area is 303 Å². The molecule has 6 rings (SSSR count). The molecule has 11 heteroatoms. The molecule has 2 aliphatic heterocycles. The van der Waals surface area contributed by atoms with Crippen molar-refractivity contribution in [2.24, 2.45) is 5.92 Å². The van der Waals surface area contributed by atoms with Crippen LogP contribution < -0.4 is 15.0 Å². The number of carbonyl (C=O) groups is 3. The van der Waals surface area contributed by atoms with Crippen LogP contribution in [0.2, 0.25) is 0 Å². The van der Waals surface area contributed by atoms with Crippen molar-refractivity contribution in [3.63, 3.8) is 0 Å². The number of benzene rings is 2. The zero-order chi connectivity index (χ0) is 36.1. The number of hydrogen-bond acceptors (Lipinski definition) is 8. The Hall–Kier alpha value is -4.77. The van der Waals surface area contributed by atoms with E-state index in [4.69, 9.17) is 4.74 Å². The number of nitrogens with one attached hydrogen (secondary N) is 1. The first kappa shape index (κ1) is 36.0. The van der Waals surface area contributed by atoms with Crippen molar-refractivity contribution in [1.29, 1.82) is 0 Å². The van der Waals surface area contributed by atoms with Crippen LogP contribution in [0, 0.1) is 5.92 Å². The highest BCUT2D eigenvalue weighted by atomic mass is 32.1. The average Bonchev–Trinajstić information content (AvgIpc) is 3.62. The summed E-state index contributed by atoms with van der Waals surface area (Å²) in [5, 5.41) is 12.3. The van der Waals surface area contributed by atoms with Crippen molar-refractivity contribution >= 4 is 34.8 Å². The topological polar surface area (TPSA) is 125 Å². The standard InChI is InChI=1S/C40H47N5O5S/c1-5-20-50-32-12-10-27(11-13-32)28-16-18-44(19-17-28)31-22-41-36(42-23-31)29-8-6-26(7-9-29)21-33(38(47)45-24-30(25-45)39(48)49)43-37(46)34-14-15-35(51-34)40(2,3)4/h6-15,22-23,28,30,33H,5,16-21,24-25H2,1-4H3,(H,43,46)(H,48,49)/t33-/m0/s1. The number of rotatable bonds is 12. The summed E-state index contributed by atoms with van der Waals surface area (Å²) in [6, 6.07) is 19.1. The predicted octanol–water partition coefficient (Wildman–Crippen LogP) is 6.56. The van der Waals surface area contributed by atoms with Crippen molar-refractivity contribution < 1.29 is 24.2 Å². The Kier molecular flexibility index (Phi) is 11.0. The number of ether oxygens (including phenoxy) is 1. The number of carboxylic acid groups (broad SMARTS) is 1. The van der Waals surface area contributed by atoms with Gasteiger partial charge in [0.15, 0.2) is 5.82 Å². The summed E-state index contributed by atoms with van der Waals surface area (Å²) in [6.07, 6.45) is 7.15. The molecule has 0 unspecified atom stereocenters. The van der Waals surface area contributed by atoms with Gasteiger partial charge in [0, 0.05) is 43.0 Å². The minimum Gasteiger partial charge on any atom is -0.494 e. The molecule has 2 saturated heterocycles. The summed E-state index contributed by atoms with van der Waals surface area (Å²) in [5.74, 6) is -0.0358. The van der Waals surface area contributed by atoms with Crippen LogP contribution in [0.25, 0.3) is 11.4 Å². The van der Waals surface area contributed by atoms with Crippen molar-refractivity contribution in [2.75, 3.05) is 37.7 Å². The molecular weight excluding hydrogens is 663 g/mol. The quantitative estimate of drug-likeness (QED) is 0.170. The maximum absolute atomic E-state index is 13.5. The van der Waals surface area contributed by atoms with E-state index in [2.05, 4.69) is 72.1 Å². The molecule has 51 heavy (non-hydrogen) atoms. The largest absolute Gasteiger partial charge is 0.494 e. The van der Waals surface area contributed by atoms with Gasteiger partial charge in [-0.15, -0.1) is 11.3 Å². The third-order valence-electron chi connectivity index (χ3n) is 9.69. The molecule has 10 nitrogen and oxygen atoms in total. The Morgan fingerprint density at radius 3 is 2.22 bits per heavy atom. The lowest BCUT2D eigenvalue weighted by Gasteiger charge is -2.38. The molecule has 0 radical (unpaired) electrons. The van der Waals surface area contributed by atoms with Crippen LogP contribution in [0.5, 0.6) is 5.75 Å². The molecule has 268 valence electrons. The van der Waals surface area contributed by atoms with E-state index in [1.54, 1.807) is 6.07 Å². The number of carbonyl (C=O) groups excluding carboxylic acids is 2. The molecular formula is C40H47N5O5S. The van der Waals surface area contributed by atoms with Crippen molar-refractivity contribution in [3.8, 4) is 17.1 Å². The molecule has 2 fully saturated rings. The molecule has 0 bridgehead atoms. The van der Waals surface area contributed by atoms with E-state index >= 15 is 0 Å². The minimum absolute atomic E-state index is 0.0946. The molecule has 4 aromatic rings. The van der Waals surface area contributed by atoms with Gasteiger partial charge in [-0.3, -0.25) is 14.4 Å². The van der Waals surface area contributed by atoms with Gasteiger partial charge in [0.05, 0.1) is 35.5 Å². The maximum atomic E-state index is 13.5. The van der Waals surface area contributed by atoms with Gasteiger partial charge in [0.1, 0.15) is 11.8 Å². The number of likely N-dealkylation sites (tertiary alicyclic amines) is 1. The van der Waals surface area contributed by atoms with Crippen LogP contribution in [0.1, 0.15) is 78.6 Å². The zero-order valence-electron chi connectivity index (χ0n) is 29.8. The van der Waals surface area contributed by atoms with Gasteiger partial charge < -0.3 is 25.0 Å². The second-order valence-corrected chi connectivity index (χ2v) is 15.6. The van der Waals surface area contributed by atoms with Gasteiger partial charge in [-0.1, -0.05) is 64.1 Å². The number of carboxylic acids is 1. The number of nitrogens with zero attached hydrogens (tertiary/aromatic N) is 4. The first-order chi connectivity index (χ1) is 24.5. The Morgan fingerprint density at radius 2 is 1.63 bits per heavy atom. The monoisotopic (exact) mass is 709 g/mol. The summed E-state index contributed by atoms with van der Waals surface area (Å²) in [4.78, 5) is 53.0. The van der Waals surface area contributed by atoms with Gasteiger partial charge in [-0.2, -0.15) is 0 Å². The van der Waals surface area contributed by atoms with Gasteiger partial charge in [-0.05, 0) is 66.0 Å². The Bertz CT molecular complexity index is 1800. The zero-order valence-corrected chi connectivity index (χ0v) is 30.6. The van der Waals surface area contributed by atoms with Crippen molar-refractivity contribution in [1.82, 2.24) is 20.2 Å². The Balaban J connectivity index is 1.07. The third-order valence-corrected chi connectivity index (χ3v) is 11.2. The highest BCUT2D eigenvalue weighted by Gasteiger charge is 2.39. The van der Waals surface area contributed by atoms with Crippen LogP contribution in [0.4, 0.5) is 5.69 Å². The van der Waals surface area contributed by atoms with Gasteiger partial charge in [0.25, 0.3) is 5.91 Å². The number of piperidine rings is 1. The lowest BCUT2D eigenvalue weighted by molar-refractivity contribution is -0.153. The molecule has 0 aliphatic carbocycles. The number of anilines is 1. The van der Waals surface area contributed by atoms with E-state index in [1.807, 2.05) is 42.7 Å². The molecule has 0 spiro atoms. The lowest BCUT2D eigenvalue weighted by atomic mass is 9.89. The number of amides is 2. The third kappa shape index (κ3) is 8.76. The van der Waals surface area contributed by atoms with E-state index in [9.17, 15) is 19.5 Å². The number of aliphatic carboxylic acids is 1. The highest BCUT2D eigenvalue weighted by Crippen LogP contribution is 2.32. The average molecular weight is 710 g/mol. The summed E-state index contributed by atoms with van der Waals surface area (Å²) >= 11 is 1.42. The van der Waals surface area contributed by atoms with Crippen LogP contribution in [0.15, 0.2) is 73.1 Å². The van der Waals surface area contributed by atoms with Gasteiger partial charge in [0.2, 0.25) is 5.91 Å². The fourth-order valence-electron chi connectivity index (χ4n) is 6.51. The fourth-order valence-corrected chi connectivity index (χ4v) is 7.48. The van der Waals surface area contributed by atoms with Crippen LogP contribution in [0.3, 0.4) is 0 Å². The van der Waals surface area contributed by atoms with Crippen LogP contribution in [-0.2, 0) is 21.4 Å². The Morgan fingerprint density at radius 1 is 0.961 bits per heavy atom. The lowest BCUT2D eigenvalue weighted by Crippen LogP contribution is -2.59. The molecule has 0 saturated carbocycles. The van der Waals surface area contributed by atoms with Crippen LogP contribution >= 0.6 is 11.3 Å². The molecule has 2 aromatic heterocycles. The van der Waals surface area contributed by atoms with E-state index < -0.39 is 17.9 Å². The SMILES string of the molecule is CCCOc1ccc(C2CCN(c3cnc(-c4ccc(C[C@H](NC(=O)c5ccc(C(C)(C)C)s5)C(=O)N5CC(C(=O)O)C5)cc4)nc3)CC2)cc1. The van der Waals surface area contributed by atoms with E-state index in [0.717, 1.165) is 66.4 Å². The fraction of sp³-hybridized carbons (Fsp3) is 0.425. The van der Waals surface area contributed by atoms with E-state index in [-0.39, 0.29) is 36.7 Å². The second-order valence-electron chi connectivity index (χ2n) is 14.6. The highest BCUT2D eigenvalue weighted by molar-refractivity contribution is 7.14. The molecule has 2 aliphatic rings. The number of hydrogen-bond donors (Lipinski definition) is 2.